The topological polar surface area (TPSA) is 89.2 Å². The molecule has 3 N–H and O–H groups in total. The molecule has 0 aliphatic rings. The average Bonchev–Trinajstić information content (AvgIpc) is 2.70. The van der Waals surface area contributed by atoms with Crippen LogP contribution in [0.1, 0.15) is 24.2 Å². The first-order valence-corrected chi connectivity index (χ1v) is 9.03. The molecule has 0 saturated carbocycles. The third-order valence-corrected chi connectivity index (χ3v) is 4.47. The van der Waals surface area contributed by atoms with Crippen LogP contribution in [0, 0.1) is 0 Å². The maximum atomic E-state index is 12.5. The van der Waals surface area contributed by atoms with Crippen LogP contribution in [-0.4, -0.2) is 57.2 Å². The van der Waals surface area contributed by atoms with Crippen molar-refractivity contribution in [2.24, 2.45) is 10.7 Å². The summed E-state index contributed by atoms with van der Waals surface area (Å²) in [4.78, 5) is 18.6. The lowest BCUT2D eigenvalue weighted by Gasteiger charge is -2.19. The Morgan fingerprint density at radius 1 is 1.14 bits per heavy atom. The Bertz CT molecular complexity index is 827. The van der Waals surface area contributed by atoms with E-state index in [1.807, 2.05) is 18.2 Å². The fourth-order valence-corrected chi connectivity index (χ4v) is 2.82. The van der Waals surface area contributed by atoms with Crippen LogP contribution in [0.5, 0.6) is 11.5 Å². The van der Waals surface area contributed by atoms with E-state index in [1.165, 1.54) is 7.05 Å². The molecule has 29 heavy (non-hydrogen) atoms. The lowest BCUT2D eigenvalue weighted by Crippen LogP contribution is -2.36. The number of nitrogens with one attached hydrogen (secondary N) is 1. The van der Waals surface area contributed by atoms with E-state index in [0.29, 0.717) is 23.7 Å². The van der Waals surface area contributed by atoms with E-state index < -0.39 is 0 Å². The van der Waals surface area contributed by atoms with Gasteiger partial charge in [0.2, 0.25) is 0 Å². The van der Waals surface area contributed by atoms with Gasteiger partial charge in [-0.1, -0.05) is 13.8 Å². The Hall–Kier alpha value is -2.22. The number of methoxy groups -OCH3 is 1. The number of hydrogen-bond acceptors (Lipinski definition) is 5. The van der Waals surface area contributed by atoms with Crippen LogP contribution in [0.3, 0.4) is 0 Å². The van der Waals surface area contributed by atoms with Crippen LogP contribution in [-0.2, 0) is 0 Å². The molecule has 0 spiro atoms. The highest BCUT2D eigenvalue weighted by Crippen LogP contribution is 2.32. The van der Waals surface area contributed by atoms with E-state index in [-0.39, 0.29) is 36.7 Å². The van der Waals surface area contributed by atoms with E-state index in [0.717, 1.165) is 30.4 Å². The predicted molar refractivity (Wildman–Crippen MR) is 123 cm³/mol. The minimum atomic E-state index is -0.317. The molecule has 0 aliphatic carbocycles. The number of carbonyl (C=O) groups excluding carboxylic acids is 1. The van der Waals surface area contributed by atoms with Crippen molar-refractivity contribution in [3.8, 4) is 11.5 Å². The number of aliphatic imine (C=N–C) groups is 1. The Balaban J connectivity index is 0.00000392. The van der Waals surface area contributed by atoms with Crippen molar-refractivity contribution in [1.82, 2.24) is 10.2 Å². The van der Waals surface area contributed by atoms with Gasteiger partial charge in [-0.15, -0.1) is 24.8 Å². The van der Waals surface area contributed by atoms with Gasteiger partial charge >= 0.3 is 0 Å². The number of hydrogen-bond donors (Lipinski definition) is 2. The fraction of sp³-hybridized carbons (Fsp3) is 0.400. The molecular weight excluding hydrogens is 415 g/mol. The minimum absolute atomic E-state index is 0. The second kappa shape index (κ2) is 13.1. The number of benzene rings is 2. The minimum Gasteiger partial charge on any atom is -0.497 e. The molecule has 1 amide bonds. The van der Waals surface area contributed by atoms with E-state index in [4.69, 9.17) is 15.2 Å². The van der Waals surface area contributed by atoms with Crippen molar-refractivity contribution >= 4 is 47.5 Å². The zero-order chi connectivity index (χ0) is 19.8. The molecule has 0 fully saturated rings. The van der Waals surface area contributed by atoms with Crippen molar-refractivity contribution in [1.29, 1.82) is 0 Å². The normalized spacial score (nSPS) is 10.9. The summed E-state index contributed by atoms with van der Waals surface area (Å²) < 4.78 is 11.3. The Morgan fingerprint density at radius 2 is 1.83 bits per heavy atom. The number of amides is 1. The summed E-state index contributed by atoms with van der Waals surface area (Å²) in [6.07, 6.45) is 0. The quantitative estimate of drug-likeness (QED) is 0.482. The first-order valence-electron chi connectivity index (χ1n) is 9.03. The third kappa shape index (κ3) is 6.96. The largest absolute Gasteiger partial charge is 0.497 e. The van der Waals surface area contributed by atoms with Crippen LogP contribution in [0.2, 0.25) is 0 Å². The van der Waals surface area contributed by atoms with Gasteiger partial charge in [-0.3, -0.25) is 15.1 Å². The summed E-state index contributed by atoms with van der Waals surface area (Å²) in [5.41, 5.74) is 6.12. The number of halogens is 2. The summed E-state index contributed by atoms with van der Waals surface area (Å²) in [6, 6.07) is 9.07. The van der Waals surface area contributed by atoms with Gasteiger partial charge in [0.25, 0.3) is 5.91 Å². The standard InChI is InChI=1S/C20H28N4O3.2ClH/c1-5-24(6-2)11-12-27-18-10-9-16(19(25)23-20(21)22-3)15-8-7-14(26-4)13-17(15)18;;/h7-10,13H,5-6,11-12H2,1-4H3,(H3,21,22,23,25);2*1H. The first-order chi connectivity index (χ1) is 13.0. The molecule has 0 unspecified atom stereocenters. The summed E-state index contributed by atoms with van der Waals surface area (Å²) >= 11 is 0. The Kier molecular flexibility index (Phi) is 12.1. The molecule has 0 aromatic heterocycles. The average molecular weight is 445 g/mol. The van der Waals surface area contributed by atoms with E-state index >= 15 is 0 Å². The monoisotopic (exact) mass is 444 g/mol. The number of nitrogens with two attached hydrogens (primary N) is 1. The Morgan fingerprint density at radius 3 is 2.41 bits per heavy atom. The van der Waals surface area contributed by atoms with Gasteiger partial charge in [0.05, 0.1) is 7.11 Å². The van der Waals surface area contributed by atoms with Crippen molar-refractivity contribution in [3.63, 3.8) is 0 Å². The van der Waals surface area contributed by atoms with Gasteiger partial charge in [-0.2, -0.15) is 0 Å². The second-order valence-electron chi connectivity index (χ2n) is 5.96. The molecular formula is C20H30Cl2N4O3. The van der Waals surface area contributed by atoms with Crippen LogP contribution in [0.15, 0.2) is 35.3 Å². The smallest absolute Gasteiger partial charge is 0.258 e. The number of nitrogens with zero attached hydrogens (tertiary/aromatic N) is 2. The summed E-state index contributed by atoms with van der Waals surface area (Å²) in [6.45, 7) is 7.62. The maximum Gasteiger partial charge on any atom is 0.258 e. The number of rotatable bonds is 8. The fourth-order valence-electron chi connectivity index (χ4n) is 2.82. The van der Waals surface area contributed by atoms with Crippen LogP contribution < -0.4 is 20.5 Å². The summed E-state index contributed by atoms with van der Waals surface area (Å²) in [5.74, 6) is 1.16. The second-order valence-corrected chi connectivity index (χ2v) is 5.96. The van der Waals surface area contributed by atoms with Crippen molar-refractivity contribution < 1.29 is 14.3 Å². The van der Waals surface area contributed by atoms with E-state index in [1.54, 1.807) is 19.2 Å². The van der Waals surface area contributed by atoms with Gasteiger partial charge in [-0.05, 0) is 48.8 Å². The van der Waals surface area contributed by atoms with Gasteiger partial charge in [0, 0.05) is 24.5 Å². The number of ether oxygens (including phenoxy) is 2. The lowest BCUT2D eigenvalue weighted by molar-refractivity contribution is 0.0978. The van der Waals surface area contributed by atoms with Crippen LogP contribution in [0.25, 0.3) is 10.8 Å². The van der Waals surface area contributed by atoms with Gasteiger partial charge in [-0.25, -0.2) is 0 Å². The molecule has 162 valence electrons. The summed E-state index contributed by atoms with van der Waals surface area (Å²) in [5, 5.41) is 4.14. The predicted octanol–water partition coefficient (Wildman–Crippen LogP) is 3.09. The highest BCUT2D eigenvalue weighted by Gasteiger charge is 2.15. The van der Waals surface area contributed by atoms with Gasteiger partial charge < -0.3 is 20.1 Å². The third-order valence-electron chi connectivity index (χ3n) is 4.47. The molecule has 0 saturated heterocycles. The molecule has 0 atom stereocenters. The lowest BCUT2D eigenvalue weighted by atomic mass is 10.0. The highest BCUT2D eigenvalue weighted by atomic mass is 35.5. The zero-order valence-corrected chi connectivity index (χ0v) is 18.9. The molecule has 9 heteroatoms. The van der Waals surface area contributed by atoms with Gasteiger partial charge in [0.1, 0.15) is 18.1 Å². The molecule has 7 nitrogen and oxygen atoms in total. The van der Waals surface area contributed by atoms with Crippen LogP contribution in [0.4, 0.5) is 0 Å². The van der Waals surface area contributed by atoms with Gasteiger partial charge in [0.15, 0.2) is 5.96 Å². The van der Waals surface area contributed by atoms with E-state index in [9.17, 15) is 4.79 Å². The number of guanidine groups is 1. The number of fused-ring (bicyclic) bond motifs is 1. The Labute approximate surface area is 184 Å². The maximum absolute atomic E-state index is 12.5. The van der Waals surface area contributed by atoms with Crippen molar-refractivity contribution in [3.05, 3.63) is 35.9 Å². The highest BCUT2D eigenvalue weighted by molar-refractivity contribution is 6.13. The molecule has 0 aliphatic heterocycles. The first kappa shape index (κ1) is 26.8. The number of carbonyl (C=O) groups is 1. The number of likely N-dealkylation sites (N-methyl/N-ethyl adjacent to an activating group) is 1. The SMILES string of the molecule is CCN(CC)CCOc1ccc(C(=O)NC(N)=NC)c2ccc(OC)cc12.Cl.Cl. The molecule has 0 heterocycles. The molecule has 2 aromatic carbocycles. The van der Waals surface area contributed by atoms with E-state index in [2.05, 4.69) is 29.1 Å². The molecule has 2 aromatic rings. The molecule has 2 rings (SSSR count). The molecule has 0 bridgehead atoms. The molecule has 0 radical (unpaired) electrons. The summed E-state index contributed by atoms with van der Waals surface area (Å²) in [7, 11) is 3.13. The van der Waals surface area contributed by atoms with Crippen LogP contribution >= 0.6 is 24.8 Å². The van der Waals surface area contributed by atoms with Crippen molar-refractivity contribution in [2.45, 2.75) is 13.8 Å². The van der Waals surface area contributed by atoms with Crippen molar-refractivity contribution in [2.75, 3.05) is 40.4 Å². The zero-order valence-electron chi connectivity index (χ0n) is 17.2.